The van der Waals surface area contributed by atoms with E-state index in [0.717, 1.165) is 25.5 Å². The van der Waals surface area contributed by atoms with E-state index in [2.05, 4.69) is 27.3 Å². The zero-order chi connectivity index (χ0) is 9.97. The molecule has 0 aliphatic carbocycles. The molecule has 1 N–H and O–H groups in total. The molecule has 1 unspecified atom stereocenters. The predicted octanol–water partition coefficient (Wildman–Crippen LogP) is 0.275. The first-order chi connectivity index (χ1) is 6.75. The average Bonchev–Trinajstić information content (AvgIpc) is 2.18. The zero-order valence-electron chi connectivity index (χ0n) is 8.70. The van der Waals surface area contributed by atoms with Crippen molar-refractivity contribution >= 4 is 5.82 Å². The summed E-state index contributed by atoms with van der Waals surface area (Å²) >= 11 is 0. The molecule has 4 nitrogen and oxygen atoms in total. The Morgan fingerprint density at radius 2 is 2.69 bits per heavy atom. The molecule has 2 rings (SSSR count). The number of hydrogen-bond donors (Lipinski definition) is 1. The standard InChI is InChI=1S/C9H14N4/c1-8-7-13(6-5-10-8)9-3-2-4-11-12-9/h2-4,8,10H,5-7H2,1H3/i2D. The van der Waals surface area contributed by atoms with Crippen LogP contribution in [0.2, 0.25) is 0 Å². The van der Waals surface area contributed by atoms with Crippen molar-refractivity contribution in [1.29, 1.82) is 0 Å². The zero-order valence-corrected chi connectivity index (χ0v) is 7.70. The van der Waals surface area contributed by atoms with Crippen LogP contribution < -0.4 is 10.2 Å². The monoisotopic (exact) mass is 179 g/mol. The molecule has 4 heteroatoms. The van der Waals surface area contributed by atoms with E-state index in [1.807, 2.05) is 0 Å². The normalized spacial score (nSPS) is 24.2. The molecule has 0 amide bonds. The summed E-state index contributed by atoms with van der Waals surface area (Å²) in [7, 11) is 0. The highest BCUT2D eigenvalue weighted by molar-refractivity contribution is 5.37. The summed E-state index contributed by atoms with van der Waals surface area (Å²) in [5, 5.41) is 11.2. The first-order valence-electron chi connectivity index (χ1n) is 5.03. The van der Waals surface area contributed by atoms with Gasteiger partial charge in [-0.1, -0.05) is 0 Å². The minimum atomic E-state index is 0.418. The van der Waals surface area contributed by atoms with Crippen molar-refractivity contribution in [2.24, 2.45) is 0 Å². The van der Waals surface area contributed by atoms with E-state index in [4.69, 9.17) is 1.37 Å². The van der Waals surface area contributed by atoms with Crippen LogP contribution in [0.3, 0.4) is 0 Å². The van der Waals surface area contributed by atoms with E-state index in [-0.39, 0.29) is 0 Å². The third kappa shape index (κ3) is 1.95. The molecule has 1 atom stereocenters. The average molecular weight is 179 g/mol. The maximum absolute atomic E-state index is 7.46. The van der Waals surface area contributed by atoms with Crippen molar-refractivity contribution < 1.29 is 1.37 Å². The summed E-state index contributed by atoms with van der Waals surface area (Å²) in [5.41, 5.74) is 0. The number of hydrogen-bond acceptors (Lipinski definition) is 4. The molecular weight excluding hydrogens is 164 g/mol. The Hall–Kier alpha value is -1.16. The van der Waals surface area contributed by atoms with E-state index in [9.17, 15) is 0 Å². The van der Waals surface area contributed by atoms with Gasteiger partial charge in [0.25, 0.3) is 0 Å². The Kier molecular flexibility index (Phi) is 2.07. The molecule has 0 saturated carbocycles. The summed E-state index contributed by atoms with van der Waals surface area (Å²) in [6.07, 6.45) is 1.45. The Labute approximate surface area is 79.4 Å². The molecule has 13 heavy (non-hydrogen) atoms. The van der Waals surface area contributed by atoms with Crippen LogP contribution in [0.5, 0.6) is 0 Å². The lowest BCUT2D eigenvalue weighted by molar-refractivity contribution is 0.481. The number of anilines is 1. The molecule has 1 aliphatic heterocycles. The van der Waals surface area contributed by atoms with Gasteiger partial charge in [0.1, 0.15) is 0 Å². The second-order valence-electron chi connectivity index (χ2n) is 3.31. The minimum Gasteiger partial charge on any atom is -0.352 e. The molecular formula is C9H14N4. The fourth-order valence-electron chi connectivity index (χ4n) is 1.56. The molecule has 1 aromatic heterocycles. The van der Waals surface area contributed by atoms with Gasteiger partial charge in [-0.15, -0.1) is 5.10 Å². The van der Waals surface area contributed by atoms with Crippen LogP contribution in [0.15, 0.2) is 18.3 Å². The summed E-state index contributed by atoms with van der Waals surface area (Å²) in [5.74, 6) is 0.811. The Morgan fingerprint density at radius 1 is 1.77 bits per heavy atom. The molecule has 1 saturated heterocycles. The number of rotatable bonds is 1. The van der Waals surface area contributed by atoms with Gasteiger partial charge in [0.05, 0.1) is 1.37 Å². The van der Waals surface area contributed by atoms with Crippen molar-refractivity contribution in [2.45, 2.75) is 13.0 Å². The lowest BCUT2D eigenvalue weighted by atomic mass is 10.2. The fourth-order valence-corrected chi connectivity index (χ4v) is 1.56. The number of nitrogens with one attached hydrogen (secondary N) is 1. The topological polar surface area (TPSA) is 41.1 Å². The quantitative estimate of drug-likeness (QED) is 0.672. The molecule has 0 bridgehead atoms. The van der Waals surface area contributed by atoms with E-state index in [0.29, 0.717) is 12.1 Å². The third-order valence-corrected chi connectivity index (χ3v) is 2.20. The Balaban J connectivity index is 2.14. The van der Waals surface area contributed by atoms with Gasteiger partial charge >= 0.3 is 0 Å². The van der Waals surface area contributed by atoms with Gasteiger partial charge in [0.2, 0.25) is 0 Å². The van der Waals surface area contributed by atoms with Crippen LogP contribution in [0.4, 0.5) is 5.82 Å². The highest BCUT2D eigenvalue weighted by Gasteiger charge is 2.16. The smallest absolute Gasteiger partial charge is 0.151 e. The van der Waals surface area contributed by atoms with E-state index < -0.39 is 0 Å². The molecule has 70 valence electrons. The number of nitrogens with zero attached hydrogens (tertiary/aromatic N) is 3. The number of piperazine rings is 1. The van der Waals surface area contributed by atoms with E-state index in [1.165, 1.54) is 6.20 Å². The van der Waals surface area contributed by atoms with Crippen LogP contribution in [0, 0.1) is 0 Å². The molecule has 1 fully saturated rings. The first kappa shape index (κ1) is 7.26. The second-order valence-corrected chi connectivity index (χ2v) is 3.31. The Morgan fingerprint density at radius 3 is 3.46 bits per heavy atom. The molecule has 2 heterocycles. The van der Waals surface area contributed by atoms with E-state index >= 15 is 0 Å². The molecule has 1 aromatic rings. The predicted molar refractivity (Wildman–Crippen MR) is 51.7 cm³/mol. The highest BCUT2D eigenvalue weighted by atomic mass is 15.3. The van der Waals surface area contributed by atoms with Gasteiger partial charge in [0.15, 0.2) is 5.82 Å². The van der Waals surface area contributed by atoms with Gasteiger partial charge in [-0.25, -0.2) is 0 Å². The lowest BCUT2D eigenvalue weighted by Crippen LogP contribution is -2.49. The van der Waals surface area contributed by atoms with Gasteiger partial charge in [-0.3, -0.25) is 0 Å². The minimum absolute atomic E-state index is 0.418. The largest absolute Gasteiger partial charge is 0.352 e. The van der Waals surface area contributed by atoms with Crippen molar-refractivity contribution in [3.8, 4) is 0 Å². The van der Waals surface area contributed by atoms with Crippen LogP contribution in [-0.4, -0.2) is 35.9 Å². The van der Waals surface area contributed by atoms with Crippen molar-refractivity contribution in [3.05, 3.63) is 18.3 Å². The first-order valence-corrected chi connectivity index (χ1v) is 4.53. The SMILES string of the molecule is [2H]c1cnnc(N2CCNC(C)C2)c1. The van der Waals surface area contributed by atoms with Crippen molar-refractivity contribution in [1.82, 2.24) is 15.5 Å². The summed E-state index contributed by atoms with van der Waals surface area (Å²) < 4.78 is 7.46. The summed E-state index contributed by atoms with van der Waals surface area (Å²) in [6, 6.07) is 2.64. The van der Waals surface area contributed by atoms with Gasteiger partial charge in [-0.2, -0.15) is 5.10 Å². The molecule has 0 aromatic carbocycles. The van der Waals surface area contributed by atoms with Crippen LogP contribution in [0.25, 0.3) is 0 Å². The van der Waals surface area contributed by atoms with Gasteiger partial charge in [-0.05, 0) is 19.0 Å². The van der Waals surface area contributed by atoms with Gasteiger partial charge < -0.3 is 10.2 Å². The van der Waals surface area contributed by atoms with E-state index in [1.54, 1.807) is 6.07 Å². The summed E-state index contributed by atoms with van der Waals surface area (Å²) in [4.78, 5) is 2.16. The maximum Gasteiger partial charge on any atom is 0.151 e. The molecule has 0 spiro atoms. The molecule has 0 radical (unpaired) electrons. The lowest BCUT2D eigenvalue weighted by Gasteiger charge is -2.32. The van der Waals surface area contributed by atoms with Crippen molar-refractivity contribution in [3.63, 3.8) is 0 Å². The maximum atomic E-state index is 7.46. The second kappa shape index (κ2) is 3.70. The van der Waals surface area contributed by atoms with Crippen LogP contribution >= 0.6 is 0 Å². The van der Waals surface area contributed by atoms with Gasteiger partial charge in [0, 0.05) is 31.9 Å². The Bertz CT molecular complexity index is 317. The highest BCUT2D eigenvalue weighted by Crippen LogP contribution is 2.10. The fraction of sp³-hybridized carbons (Fsp3) is 0.556. The van der Waals surface area contributed by atoms with Crippen LogP contribution in [-0.2, 0) is 0 Å². The third-order valence-electron chi connectivity index (χ3n) is 2.20. The summed E-state index contributed by atoms with van der Waals surface area (Å²) in [6.45, 7) is 4.97. The molecule has 1 aliphatic rings. The van der Waals surface area contributed by atoms with Crippen LogP contribution in [0.1, 0.15) is 8.29 Å². The van der Waals surface area contributed by atoms with Crippen molar-refractivity contribution in [2.75, 3.05) is 24.5 Å². The number of aromatic nitrogens is 2.